The Balaban J connectivity index is 2.77. The summed E-state index contributed by atoms with van der Waals surface area (Å²) in [7, 11) is 1.05. The molecule has 1 aliphatic rings. The van der Waals surface area contributed by atoms with Crippen LogP contribution >= 0.6 is 0 Å². The molecule has 0 saturated heterocycles. The van der Waals surface area contributed by atoms with Crippen molar-refractivity contribution in [2.75, 3.05) is 7.05 Å². The maximum absolute atomic E-state index is 13.1. The lowest BCUT2D eigenvalue weighted by Crippen LogP contribution is -2.52. The van der Waals surface area contributed by atoms with Gasteiger partial charge >= 0.3 is 12.4 Å². The number of hydrogen-bond donors (Lipinski definition) is 0. The summed E-state index contributed by atoms with van der Waals surface area (Å²) in [5.74, 6) is 0. The van der Waals surface area contributed by atoms with E-state index in [1.54, 1.807) is 0 Å². The highest BCUT2D eigenvalue weighted by molar-refractivity contribution is 4.96. The maximum atomic E-state index is 13.1. The molecule has 10 heteroatoms. The van der Waals surface area contributed by atoms with E-state index >= 15 is 0 Å². The smallest absolute Gasteiger partial charge is 0.333 e. The van der Waals surface area contributed by atoms with Gasteiger partial charge in [-0.2, -0.15) is 13.2 Å². The molecule has 100 valence electrons. The highest BCUT2D eigenvalue weighted by Crippen LogP contribution is 2.36. The molecule has 0 spiro atoms. The van der Waals surface area contributed by atoms with Gasteiger partial charge in [0.05, 0.1) is 0 Å². The van der Waals surface area contributed by atoms with Gasteiger partial charge in [-0.05, 0) is 0 Å². The summed E-state index contributed by atoms with van der Waals surface area (Å²) < 4.78 is 89.1. The molecule has 0 saturated carbocycles. The van der Waals surface area contributed by atoms with Crippen LogP contribution in [0.3, 0.4) is 0 Å². The van der Waals surface area contributed by atoms with Crippen molar-refractivity contribution in [1.82, 2.24) is 9.80 Å². The Morgan fingerprint density at radius 2 is 1.71 bits per heavy atom. The average Bonchev–Trinajstić information content (AvgIpc) is 2.45. The van der Waals surface area contributed by atoms with Crippen molar-refractivity contribution in [3.8, 4) is 0 Å². The molecule has 1 aliphatic heterocycles. The van der Waals surface area contributed by atoms with E-state index in [2.05, 4.69) is 4.74 Å². The summed E-state index contributed by atoms with van der Waals surface area (Å²) in [6, 6.07) is -4.78. The Bertz CT molecular complexity index is 305. The monoisotopic (exact) mass is 268 g/mol. The minimum atomic E-state index is -5.58. The summed E-state index contributed by atoms with van der Waals surface area (Å²) in [5, 5.41) is 0. The van der Waals surface area contributed by atoms with Crippen molar-refractivity contribution in [2.24, 2.45) is 0 Å². The highest BCUT2D eigenvalue weighted by atomic mass is 19.4. The Morgan fingerprint density at radius 1 is 1.18 bits per heavy atom. The molecule has 2 atom stereocenters. The lowest BCUT2D eigenvalue weighted by Gasteiger charge is -2.32. The quantitative estimate of drug-likeness (QED) is 0.577. The van der Waals surface area contributed by atoms with Crippen molar-refractivity contribution in [3.63, 3.8) is 0 Å². The predicted octanol–water partition coefficient (Wildman–Crippen LogP) is 2.38. The van der Waals surface area contributed by atoms with Gasteiger partial charge < -0.3 is 4.90 Å². The number of hydrogen-bond acceptors (Lipinski definition) is 3. The van der Waals surface area contributed by atoms with Gasteiger partial charge in [-0.3, -0.25) is 4.90 Å². The lowest BCUT2D eigenvalue weighted by molar-refractivity contribution is -0.405. The largest absolute Gasteiger partial charge is 0.525 e. The molecule has 2 unspecified atom stereocenters. The van der Waals surface area contributed by atoms with E-state index in [1.807, 2.05) is 0 Å². The van der Waals surface area contributed by atoms with Gasteiger partial charge in [0.1, 0.15) is 0 Å². The van der Waals surface area contributed by atoms with E-state index in [-0.39, 0.29) is 0 Å². The van der Waals surface area contributed by atoms with Crippen molar-refractivity contribution in [1.29, 1.82) is 0 Å². The number of alkyl halides is 7. The van der Waals surface area contributed by atoms with Crippen LogP contribution in [-0.2, 0) is 4.74 Å². The van der Waals surface area contributed by atoms with E-state index in [0.717, 1.165) is 13.2 Å². The number of halogens is 7. The van der Waals surface area contributed by atoms with Gasteiger partial charge in [0, 0.05) is 19.4 Å². The molecule has 0 aromatic rings. The third kappa shape index (κ3) is 2.93. The minimum absolute atomic E-state index is 0.428. The van der Waals surface area contributed by atoms with Gasteiger partial charge in [-0.25, -0.2) is 9.13 Å². The third-order valence-electron chi connectivity index (χ3n) is 1.88. The van der Waals surface area contributed by atoms with Crippen LogP contribution in [0.2, 0.25) is 0 Å². The fraction of sp³-hybridized carbons (Fsp3) is 0.714. The summed E-state index contributed by atoms with van der Waals surface area (Å²) in [4.78, 5) is 0.109. The van der Waals surface area contributed by atoms with Gasteiger partial charge in [0.15, 0.2) is 0 Å². The van der Waals surface area contributed by atoms with E-state index in [0.29, 0.717) is 11.1 Å². The molecule has 1 rings (SSSR count). The predicted molar refractivity (Wildman–Crippen MR) is 40.6 cm³/mol. The van der Waals surface area contributed by atoms with Crippen LogP contribution in [-0.4, -0.2) is 42.0 Å². The Hall–Kier alpha value is -1.19. The van der Waals surface area contributed by atoms with Crippen LogP contribution in [0.25, 0.3) is 0 Å². The molecule has 0 aromatic heterocycles. The number of rotatable bonds is 3. The standard InChI is InChI=1S/C7H7F7N2O/c1-15-2-3-16(5(15)9)6(10,11)4(8)17-7(12,13)14/h2-5H,1H3. The first-order valence-electron chi connectivity index (χ1n) is 4.15. The molecular formula is C7H7F7N2O. The van der Waals surface area contributed by atoms with Crippen molar-refractivity contribution < 1.29 is 35.5 Å². The van der Waals surface area contributed by atoms with Crippen LogP contribution in [0, 0.1) is 0 Å². The second-order valence-electron chi connectivity index (χ2n) is 3.15. The molecule has 0 aliphatic carbocycles. The summed E-state index contributed by atoms with van der Waals surface area (Å²) in [6.45, 7) is 0. The van der Waals surface area contributed by atoms with Crippen molar-refractivity contribution in [2.45, 2.75) is 25.2 Å². The highest BCUT2D eigenvalue weighted by Gasteiger charge is 2.55. The molecule has 0 fully saturated rings. The van der Waals surface area contributed by atoms with Crippen LogP contribution in [0.5, 0.6) is 0 Å². The second kappa shape index (κ2) is 4.24. The Morgan fingerprint density at radius 3 is 2.06 bits per heavy atom. The van der Waals surface area contributed by atoms with E-state index < -0.39 is 30.1 Å². The van der Waals surface area contributed by atoms with E-state index in [4.69, 9.17) is 0 Å². The normalized spacial score (nSPS) is 23.4. The topological polar surface area (TPSA) is 15.7 Å². The molecule has 0 N–H and O–H groups in total. The van der Waals surface area contributed by atoms with Gasteiger partial charge in [-0.15, -0.1) is 13.2 Å². The van der Waals surface area contributed by atoms with E-state index in [1.165, 1.54) is 0 Å². The molecule has 0 radical (unpaired) electrons. The van der Waals surface area contributed by atoms with Crippen LogP contribution in [0.4, 0.5) is 30.7 Å². The summed E-state index contributed by atoms with van der Waals surface area (Å²) in [6.07, 6.45) is -10.8. The lowest BCUT2D eigenvalue weighted by atomic mass is 10.5. The van der Waals surface area contributed by atoms with Crippen LogP contribution in [0.1, 0.15) is 0 Å². The minimum Gasteiger partial charge on any atom is -0.333 e. The molecule has 1 heterocycles. The molecule has 0 amide bonds. The second-order valence-corrected chi connectivity index (χ2v) is 3.15. The van der Waals surface area contributed by atoms with Crippen molar-refractivity contribution in [3.05, 3.63) is 12.4 Å². The van der Waals surface area contributed by atoms with Gasteiger partial charge in [0.2, 0.25) is 0 Å². The summed E-state index contributed by atoms with van der Waals surface area (Å²) in [5.41, 5.74) is 0. The van der Waals surface area contributed by atoms with Gasteiger partial charge in [-0.1, -0.05) is 0 Å². The Kier molecular flexibility index (Phi) is 3.46. The first-order chi connectivity index (χ1) is 7.55. The molecule has 0 aromatic carbocycles. The molecular weight excluding hydrogens is 261 g/mol. The van der Waals surface area contributed by atoms with Crippen molar-refractivity contribution >= 4 is 0 Å². The maximum Gasteiger partial charge on any atom is 0.525 e. The zero-order valence-electron chi connectivity index (χ0n) is 8.26. The van der Waals surface area contributed by atoms with Gasteiger partial charge in [0.25, 0.3) is 12.8 Å². The number of ether oxygens (including phenoxy) is 1. The fourth-order valence-electron chi connectivity index (χ4n) is 1.06. The third-order valence-corrected chi connectivity index (χ3v) is 1.88. The average molecular weight is 268 g/mol. The molecule has 3 nitrogen and oxygen atoms in total. The SMILES string of the molecule is CN1C=CN(C(F)(F)C(F)OC(F)(F)F)C1F. The first-order valence-corrected chi connectivity index (χ1v) is 4.15. The summed E-state index contributed by atoms with van der Waals surface area (Å²) >= 11 is 0. The molecule has 17 heavy (non-hydrogen) atoms. The molecule has 0 bridgehead atoms. The number of nitrogens with zero attached hydrogens (tertiary/aromatic N) is 2. The van der Waals surface area contributed by atoms with E-state index in [9.17, 15) is 30.7 Å². The fourth-order valence-corrected chi connectivity index (χ4v) is 1.06. The van der Waals surface area contributed by atoms with Crippen LogP contribution < -0.4 is 0 Å². The Labute approximate surface area is 91.0 Å². The zero-order chi connectivity index (χ0) is 13.4. The first kappa shape index (κ1) is 13.9. The van der Waals surface area contributed by atoms with Crippen LogP contribution in [0.15, 0.2) is 12.4 Å². The zero-order valence-corrected chi connectivity index (χ0v) is 8.26.